The second-order valence-corrected chi connectivity index (χ2v) is 7.65. The fraction of sp³-hybridized carbons (Fsp3) is 0.600. The SMILES string of the molecule is O=C(CC1CCCC1)NC1CCN(Cc2cccc3nccn23)CC1. The summed E-state index contributed by atoms with van der Waals surface area (Å²) in [4.78, 5) is 19.1. The van der Waals surface area contributed by atoms with E-state index in [1.54, 1.807) is 0 Å². The third-order valence-corrected chi connectivity index (χ3v) is 5.80. The first-order chi connectivity index (χ1) is 12.3. The Kier molecular flexibility index (Phi) is 5.02. The molecule has 1 amide bonds. The van der Waals surface area contributed by atoms with Gasteiger partial charge >= 0.3 is 0 Å². The molecule has 2 aliphatic rings. The number of piperidine rings is 1. The number of nitrogens with one attached hydrogen (secondary N) is 1. The van der Waals surface area contributed by atoms with E-state index in [0.29, 0.717) is 12.0 Å². The highest BCUT2D eigenvalue weighted by molar-refractivity contribution is 5.76. The zero-order chi connectivity index (χ0) is 17.1. The van der Waals surface area contributed by atoms with Crippen LogP contribution in [0.25, 0.3) is 5.65 Å². The Morgan fingerprint density at radius 2 is 1.96 bits per heavy atom. The van der Waals surface area contributed by atoms with Crippen LogP contribution < -0.4 is 5.32 Å². The molecule has 0 atom stereocenters. The average molecular weight is 340 g/mol. The van der Waals surface area contributed by atoms with Crippen LogP contribution in [0.2, 0.25) is 0 Å². The smallest absolute Gasteiger partial charge is 0.220 e. The van der Waals surface area contributed by atoms with Gasteiger partial charge in [-0.05, 0) is 43.7 Å². The maximum Gasteiger partial charge on any atom is 0.220 e. The summed E-state index contributed by atoms with van der Waals surface area (Å²) in [6, 6.07) is 6.64. The first-order valence-electron chi connectivity index (χ1n) is 9.70. The normalized spacial score (nSPS) is 20.3. The largest absolute Gasteiger partial charge is 0.353 e. The van der Waals surface area contributed by atoms with Crippen LogP contribution in [0.3, 0.4) is 0 Å². The molecule has 4 rings (SSSR count). The fourth-order valence-corrected chi connectivity index (χ4v) is 4.36. The molecular formula is C20H28N4O. The molecule has 0 aromatic carbocycles. The van der Waals surface area contributed by atoms with E-state index in [4.69, 9.17) is 0 Å². The minimum atomic E-state index is 0.272. The molecule has 134 valence electrons. The Morgan fingerprint density at radius 3 is 2.76 bits per heavy atom. The molecule has 0 bridgehead atoms. The fourth-order valence-electron chi connectivity index (χ4n) is 4.36. The summed E-state index contributed by atoms with van der Waals surface area (Å²) in [6.45, 7) is 3.02. The summed E-state index contributed by atoms with van der Waals surface area (Å²) in [6.07, 6.45) is 11.8. The molecule has 1 N–H and O–H groups in total. The van der Waals surface area contributed by atoms with Crippen molar-refractivity contribution in [3.05, 3.63) is 36.3 Å². The van der Waals surface area contributed by atoms with Crippen LogP contribution >= 0.6 is 0 Å². The van der Waals surface area contributed by atoms with Crippen molar-refractivity contribution in [2.45, 2.75) is 57.5 Å². The van der Waals surface area contributed by atoms with Crippen molar-refractivity contribution in [3.63, 3.8) is 0 Å². The third-order valence-electron chi connectivity index (χ3n) is 5.80. The number of hydrogen-bond acceptors (Lipinski definition) is 3. The summed E-state index contributed by atoms with van der Waals surface area (Å²) in [5, 5.41) is 3.27. The van der Waals surface area contributed by atoms with Crippen LogP contribution in [0.1, 0.15) is 50.6 Å². The van der Waals surface area contributed by atoms with E-state index >= 15 is 0 Å². The number of rotatable bonds is 5. The van der Waals surface area contributed by atoms with Gasteiger partial charge in [-0.15, -0.1) is 0 Å². The minimum absolute atomic E-state index is 0.272. The van der Waals surface area contributed by atoms with Gasteiger partial charge in [0.1, 0.15) is 5.65 Å². The molecule has 1 aliphatic heterocycles. The maximum absolute atomic E-state index is 12.2. The van der Waals surface area contributed by atoms with Gasteiger partial charge in [-0.3, -0.25) is 9.69 Å². The van der Waals surface area contributed by atoms with Gasteiger partial charge in [0.25, 0.3) is 0 Å². The van der Waals surface area contributed by atoms with E-state index in [2.05, 4.69) is 31.7 Å². The van der Waals surface area contributed by atoms with Crippen LogP contribution in [-0.4, -0.2) is 39.3 Å². The standard InChI is InChI=1S/C20H28N4O/c25-20(14-16-4-1-2-5-16)22-17-8-11-23(12-9-17)15-18-6-3-7-19-21-10-13-24(18)19/h3,6-7,10,13,16-17H,1-2,4-5,8-9,11-12,14-15H2,(H,22,25). The zero-order valence-corrected chi connectivity index (χ0v) is 14.9. The van der Waals surface area contributed by atoms with Crippen LogP contribution in [0.15, 0.2) is 30.6 Å². The molecule has 3 heterocycles. The van der Waals surface area contributed by atoms with Gasteiger partial charge in [-0.2, -0.15) is 0 Å². The molecule has 5 nitrogen and oxygen atoms in total. The zero-order valence-electron chi connectivity index (χ0n) is 14.9. The predicted molar refractivity (Wildman–Crippen MR) is 98.2 cm³/mol. The number of aromatic nitrogens is 2. The number of nitrogens with zero attached hydrogens (tertiary/aromatic N) is 3. The van der Waals surface area contributed by atoms with Crippen molar-refractivity contribution in [3.8, 4) is 0 Å². The van der Waals surface area contributed by atoms with Crippen LogP contribution in [0, 0.1) is 5.92 Å². The summed E-state index contributed by atoms with van der Waals surface area (Å²) in [5.41, 5.74) is 2.28. The number of carbonyl (C=O) groups excluding carboxylic acids is 1. The highest BCUT2D eigenvalue weighted by atomic mass is 16.1. The molecule has 25 heavy (non-hydrogen) atoms. The number of imidazole rings is 1. The summed E-state index contributed by atoms with van der Waals surface area (Å²) >= 11 is 0. The second-order valence-electron chi connectivity index (χ2n) is 7.65. The van der Waals surface area contributed by atoms with Gasteiger partial charge in [-0.1, -0.05) is 18.9 Å². The van der Waals surface area contributed by atoms with Gasteiger partial charge in [0.15, 0.2) is 0 Å². The number of hydrogen-bond donors (Lipinski definition) is 1. The number of carbonyl (C=O) groups is 1. The monoisotopic (exact) mass is 340 g/mol. The lowest BCUT2D eigenvalue weighted by Gasteiger charge is -2.32. The predicted octanol–water partition coefficient (Wildman–Crippen LogP) is 3.00. The van der Waals surface area contributed by atoms with Crippen LogP contribution in [0.5, 0.6) is 0 Å². The molecule has 0 radical (unpaired) electrons. The van der Waals surface area contributed by atoms with E-state index in [0.717, 1.165) is 44.5 Å². The maximum atomic E-state index is 12.2. The van der Waals surface area contributed by atoms with Crippen LogP contribution in [0.4, 0.5) is 0 Å². The van der Waals surface area contributed by atoms with E-state index in [9.17, 15) is 4.79 Å². The molecule has 2 aromatic heterocycles. The van der Waals surface area contributed by atoms with Gasteiger partial charge in [0.2, 0.25) is 5.91 Å². The van der Waals surface area contributed by atoms with Gasteiger partial charge < -0.3 is 9.72 Å². The highest BCUT2D eigenvalue weighted by Crippen LogP contribution is 2.27. The molecule has 2 aromatic rings. The molecule has 1 saturated carbocycles. The highest BCUT2D eigenvalue weighted by Gasteiger charge is 2.23. The Hall–Kier alpha value is -1.88. The molecule has 1 saturated heterocycles. The van der Waals surface area contributed by atoms with E-state index < -0.39 is 0 Å². The average Bonchev–Trinajstić information content (AvgIpc) is 3.28. The first kappa shape index (κ1) is 16.6. The Bertz CT molecular complexity index is 711. The third kappa shape index (κ3) is 4.03. The van der Waals surface area contributed by atoms with Crippen molar-refractivity contribution >= 4 is 11.6 Å². The number of pyridine rings is 1. The van der Waals surface area contributed by atoms with Crippen molar-refractivity contribution in [2.24, 2.45) is 5.92 Å². The molecular weight excluding hydrogens is 312 g/mol. The van der Waals surface area contributed by atoms with Gasteiger partial charge in [0.05, 0.1) is 0 Å². The van der Waals surface area contributed by atoms with Gasteiger partial charge in [0, 0.05) is 50.2 Å². The first-order valence-corrected chi connectivity index (χ1v) is 9.70. The number of fused-ring (bicyclic) bond motifs is 1. The molecule has 0 spiro atoms. The lowest BCUT2D eigenvalue weighted by atomic mass is 10.0. The Morgan fingerprint density at radius 1 is 1.16 bits per heavy atom. The summed E-state index contributed by atoms with van der Waals surface area (Å²) in [5.74, 6) is 0.907. The molecule has 2 fully saturated rings. The number of amides is 1. The summed E-state index contributed by atoms with van der Waals surface area (Å²) < 4.78 is 2.16. The van der Waals surface area contributed by atoms with E-state index in [-0.39, 0.29) is 5.91 Å². The lowest BCUT2D eigenvalue weighted by molar-refractivity contribution is -0.123. The van der Waals surface area contributed by atoms with E-state index in [1.165, 1.54) is 31.4 Å². The molecule has 0 unspecified atom stereocenters. The quantitative estimate of drug-likeness (QED) is 0.910. The van der Waals surface area contributed by atoms with Crippen LogP contribution in [-0.2, 0) is 11.3 Å². The topological polar surface area (TPSA) is 49.6 Å². The van der Waals surface area contributed by atoms with Gasteiger partial charge in [-0.25, -0.2) is 4.98 Å². The van der Waals surface area contributed by atoms with E-state index in [1.807, 2.05) is 18.5 Å². The van der Waals surface area contributed by atoms with Crippen molar-refractivity contribution in [2.75, 3.05) is 13.1 Å². The Labute approximate surface area is 149 Å². The molecule has 1 aliphatic carbocycles. The van der Waals surface area contributed by atoms with Crippen molar-refractivity contribution < 1.29 is 4.79 Å². The van der Waals surface area contributed by atoms with Crippen molar-refractivity contribution in [1.29, 1.82) is 0 Å². The minimum Gasteiger partial charge on any atom is -0.353 e. The summed E-state index contributed by atoms with van der Waals surface area (Å²) in [7, 11) is 0. The van der Waals surface area contributed by atoms with Crippen molar-refractivity contribution in [1.82, 2.24) is 19.6 Å². The molecule has 5 heteroatoms. The lowest BCUT2D eigenvalue weighted by Crippen LogP contribution is -2.44. The second kappa shape index (κ2) is 7.56. The number of likely N-dealkylation sites (tertiary alicyclic amines) is 1. The Balaban J connectivity index is 1.25.